The molecule has 6 nitrogen and oxygen atoms in total. The molecule has 0 bridgehead atoms. The first-order valence-electron chi connectivity index (χ1n) is 8.48. The van der Waals surface area contributed by atoms with Gasteiger partial charge < -0.3 is 9.80 Å². The van der Waals surface area contributed by atoms with E-state index in [0.29, 0.717) is 39.0 Å². The first kappa shape index (κ1) is 23.2. The summed E-state index contributed by atoms with van der Waals surface area (Å²) in [5, 5.41) is 0. The van der Waals surface area contributed by atoms with Crippen LogP contribution in [0.4, 0.5) is 0 Å². The summed E-state index contributed by atoms with van der Waals surface area (Å²) in [5.74, 6) is -0.866. The summed E-state index contributed by atoms with van der Waals surface area (Å²) in [6.07, 6.45) is 9.61. The van der Waals surface area contributed by atoms with Crippen molar-refractivity contribution < 1.29 is 19.2 Å². The largest absolute Gasteiger partial charge is 0.335 e. The van der Waals surface area contributed by atoms with Gasteiger partial charge in [0.2, 0.25) is 11.8 Å². The van der Waals surface area contributed by atoms with E-state index in [4.69, 9.17) is 0 Å². The Morgan fingerprint density at radius 2 is 1.04 bits per heavy atom. The number of allylic oxidation sites excluding steroid dienone is 2. The maximum absolute atomic E-state index is 12.0. The highest BCUT2D eigenvalue weighted by molar-refractivity contribution is 5.97. The molecule has 6 heteroatoms. The molecule has 0 saturated heterocycles. The molecule has 0 aliphatic heterocycles. The number of ketones is 2. The number of carbonyl (C=O) groups excluding carboxylic acids is 4. The van der Waals surface area contributed by atoms with Crippen LogP contribution in [-0.2, 0) is 19.2 Å². The Morgan fingerprint density at radius 3 is 1.31 bits per heavy atom. The van der Waals surface area contributed by atoms with Gasteiger partial charge in [-0.3, -0.25) is 19.2 Å². The number of hydrogen-bond acceptors (Lipinski definition) is 4. The number of hydrogen-bond donors (Lipinski definition) is 0. The van der Waals surface area contributed by atoms with E-state index in [1.54, 1.807) is 22.0 Å². The van der Waals surface area contributed by atoms with Crippen molar-refractivity contribution in [1.82, 2.24) is 9.80 Å². The summed E-state index contributed by atoms with van der Waals surface area (Å²) in [4.78, 5) is 49.1. The first-order valence-corrected chi connectivity index (χ1v) is 8.48. The zero-order valence-corrected chi connectivity index (χ0v) is 15.6. The lowest BCUT2D eigenvalue weighted by Gasteiger charge is -2.22. The van der Waals surface area contributed by atoms with Crippen molar-refractivity contribution in [3.8, 4) is 0 Å². The van der Waals surface area contributed by atoms with Gasteiger partial charge in [-0.15, -0.1) is 13.2 Å². The lowest BCUT2D eigenvalue weighted by molar-refractivity contribution is -0.127. The van der Waals surface area contributed by atoms with Gasteiger partial charge in [-0.2, -0.15) is 0 Å². The van der Waals surface area contributed by atoms with Gasteiger partial charge in [-0.05, 0) is 38.8 Å². The van der Waals surface area contributed by atoms with Crippen LogP contribution in [0.2, 0.25) is 0 Å². The Bertz CT molecular complexity index is 539. The van der Waals surface area contributed by atoms with Gasteiger partial charge in [-0.1, -0.05) is 12.2 Å². The third-order valence-electron chi connectivity index (χ3n) is 3.35. The third kappa shape index (κ3) is 10.9. The van der Waals surface area contributed by atoms with E-state index in [1.165, 1.54) is 38.2 Å². The first-order chi connectivity index (χ1) is 12.3. The van der Waals surface area contributed by atoms with Crippen LogP contribution in [0.1, 0.15) is 26.7 Å². The lowest BCUT2D eigenvalue weighted by Crippen LogP contribution is -2.33. The molecule has 0 radical (unpaired) electrons. The number of carbonyl (C=O) groups is 4. The summed E-state index contributed by atoms with van der Waals surface area (Å²) in [6, 6.07) is 0. The van der Waals surface area contributed by atoms with Crippen molar-refractivity contribution in [3.05, 3.63) is 49.6 Å². The molecule has 0 heterocycles. The molecule has 0 aromatic carbocycles. The molecule has 0 atom stereocenters. The summed E-state index contributed by atoms with van der Waals surface area (Å²) in [7, 11) is 0. The highest BCUT2D eigenvalue weighted by atomic mass is 16.2. The summed E-state index contributed by atoms with van der Waals surface area (Å²) in [6.45, 7) is 11.8. The fourth-order valence-electron chi connectivity index (χ4n) is 2.09. The second-order valence-electron chi connectivity index (χ2n) is 5.74. The second kappa shape index (κ2) is 13.5. The molecule has 0 aliphatic rings. The molecule has 26 heavy (non-hydrogen) atoms. The van der Waals surface area contributed by atoms with E-state index in [2.05, 4.69) is 13.2 Å². The van der Waals surface area contributed by atoms with E-state index in [1.807, 2.05) is 0 Å². The standard InChI is InChI=1S/C20H28N2O4/c1-5-13-21(19(25)11-9-17(3)23)15-7-8-16-22(14-6-2)20(26)12-10-18(4)24/h5-6,9-12H,1-2,7-8,13-16H2,3-4H3/b11-9+,12-10+. The molecule has 0 N–H and O–H groups in total. The van der Waals surface area contributed by atoms with Crippen LogP contribution in [0.3, 0.4) is 0 Å². The van der Waals surface area contributed by atoms with Gasteiger partial charge in [0.25, 0.3) is 0 Å². The summed E-state index contributed by atoms with van der Waals surface area (Å²) < 4.78 is 0. The monoisotopic (exact) mass is 360 g/mol. The fourth-order valence-corrected chi connectivity index (χ4v) is 2.09. The minimum absolute atomic E-state index is 0.186. The average Bonchev–Trinajstić information content (AvgIpc) is 2.59. The Labute approximate surface area is 155 Å². The summed E-state index contributed by atoms with van der Waals surface area (Å²) >= 11 is 0. The molecule has 0 unspecified atom stereocenters. The average molecular weight is 360 g/mol. The van der Waals surface area contributed by atoms with Crippen LogP contribution in [0.5, 0.6) is 0 Å². The number of rotatable bonds is 13. The topological polar surface area (TPSA) is 74.8 Å². The van der Waals surface area contributed by atoms with E-state index in [0.717, 1.165) is 0 Å². The van der Waals surface area contributed by atoms with E-state index in [9.17, 15) is 19.2 Å². The minimum Gasteiger partial charge on any atom is -0.335 e. The van der Waals surface area contributed by atoms with Crippen LogP contribution in [0.15, 0.2) is 49.6 Å². The maximum atomic E-state index is 12.0. The van der Waals surface area contributed by atoms with Crippen LogP contribution >= 0.6 is 0 Å². The Hall–Kier alpha value is -2.76. The van der Waals surface area contributed by atoms with Crippen LogP contribution in [-0.4, -0.2) is 59.4 Å². The van der Waals surface area contributed by atoms with Crippen LogP contribution in [0, 0.1) is 0 Å². The molecular weight excluding hydrogens is 332 g/mol. The SMILES string of the molecule is C=CCN(CCCCN(CC=C)C(=O)/C=C/C(C)=O)C(=O)/C=C/C(C)=O. The predicted molar refractivity (Wildman–Crippen MR) is 102 cm³/mol. The third-order valence-corrected chi connectivity index (χ3v) is 3.35. The molecule has 0 spiro atoms. The molecule has 0 aromatic rings. The molecule has 142 valence electrons. The highest BCUT2D eigenvalue weighted by Gasteiger charge is 2.11. The van der Waals surface area contributed by atoms with E-state index < -0.39 is 0 Å². The molecule has 0 aromatic heterocycles. The zero-order chi connectivity index (χ0) is 19.9. The van der Waals surface area contributed by atoms with E-state index >= 15 is 0 Å². The van der Waals surface area contributed by atoms with Crippen molar-refractivity contribution in [2.75, 3.05) is 26.2 Å². The molecule has 0 rings (SSSR count). The van der Waals surface area contributed by atoms with Gasteiger partial charge in [0.05, 0.1) is 0 Å². The van der Waals surface area contributed by atoms with Gasteiger partial charge in [-0.25, -0.2) is 0 Å². The minimum atomic E-state index is -0.247. The van der Waals surface area contributed by atoms with Crippen LogP contribution < -0.4 is 0 Å². The smallest absolute Gasteiger partial charge is 0.246 e. The van der Waals surface area contributed by atoms with Gasteiger partial charge >= 0.3 is 0 Å². The predicted octanol–water partition coefficient (Wildman–Crippen LogP) is 2.09. The molecule has 0 saturated carbocycles. The normalized spacial score (nSPS) is 10.7. The number of nitrogens with zero attached hydrogens (tertiary/aromatic N) is 2. The summed E-state index contributed by atoms with van der Waals surface area (Å²) in [5.41, 5.74) is 0. The van der Waals surface area contributed by atoms with Gasteiger partial charge in [0.15, 0.2) is 11.6 Å². The molecule has 0 fully saturated rings. The van der Waals surface area contributed by atoms with Gasteiger partial charge in [0, 0.05) is 38.3 Å². The quantitative estimate of drug-likeness (QED) is 0.286. The lowest BCUT2D eigenvalue weighted by atomic mass is 10.2. The molecule has 2 amide bonds. The van der Waals surface area contributed by atoms with Crippen molar-refractivity contribution in [2.45, 2.75) is 26.7 Å². The van der Waals surface area contributed by atoms with Crippen molar-refractivity contribution in [3.63, 3.8) is 0 Å². The zero-order valence-electron chi connectivity index (χ0n) is 15.6. The fraction of sp³-hybridized carbons (Fsp3) is 0.400. The maximum Gasteiger partial charge on any atom is 0.246 e. The van der Waals surface area contributed by atoms with Crippen molar-refractivity contribution >= 4 is 23.4 Å². The van der Waals surface area contributed by atoms with Gasteiger partial charge in [0.1, 0.15) is 0 Å². The Kier molecular flexibility index (Phi) is 12.1. The second-order valence-corrected chi connectivity index (χ2v) is 5.74. The Balaban J connectivity index is 4.58. The van der Waals surface area contributed by atoms with E-state index in [-0.39, 0.29) is 23.4 Å². The number of amides is 2. The molecular formula is C20H28N2O4. The highest BCUT2D eigenvalue weighted by Crippen LogP contribution is 2.02. The number of unbranched alkanes of at least 4 members (excludes halogenated alkanes) is 1. The molecule has 0 aliphatic carbocycles. The Morgan fingerprint density at radius 1 is 0.692 bits per heavy atom. The van der Waals surface area contributed by atoms with Crippen LogP contribution in [0.25, 0.3) is 0 Å². The van der Waals surface area contributed by atoms with Crippen molar-refractivity contribution in [2.24, 2.45) is 0 Å². The van der Waals surface area contributed by atoms with Crippen molar-refractivity contribution in [1.29, 1.82) is 0 Å².